The van der Waals surface area contributed by atoms with Gasteiger partial charge in [0.05, 0.1) is 28.7 Å². The molecule has 0 saturated heterocycles. The lowest BCUT2D eigenvalue weighted by molar-refractivity contribution is 0.102. The van der Waals surface area contributed by atoms with Crippen LogP contribution in [-0.4, -0.2) is 32.3 Å². The Kier molecular flexibility index (Phi) is 5.72. The van der Waals surface area contributed by atoms with E-state index in [-0.39, 0.29) is 11.8 Å². The van der Waals surface area contributed by atoms with Crippen LogP contribution in [0.4, 0.5) is 5.69 Å². The van der Waals surface area contributed by atoms with Gasteiger partial charge in [0.1, 0.15) is 12.4 Å². The molecule has 0 radical (unpaired) electrons. The molecular weight excluding hydrogens is 398 g/mol. The van der Waals surface area contributed by atoms with Crippen molar-refractivity contribution in [3.05, 3.63) is 58.8 Å². The van der Waals surface area contributed by atoms with Crippen LogP contribution in [-0.2, 0) is 6.54 Å². The van der Waals surface area contributed by atoms with Gasteiger partial charge in [0.25, 0.3) is 5.91 Å². The highest BCUT2D eigenvalue weighted by Crippen LogP contribution is 2.28. The number of hydrogen-bond acceptors (Lipinski definition) is 4. The third kappa shape index (κ3) is 4.13. The van der Waals surface area contributed by atoms with Gasteiger partial charge in [-0.1, -0.05) is 26.0 Å². The van der Waals surface area contributed by atoms with E-state index in [1.807, 2.05) is 42.8 Å². The highest BCUT2D eigenvalue weighted by Gasteiger charge is 2.20. The van der Waals surface area contributed by atoms with Gasteiger partial charge in [-0.25, -0.2) is 4.98 Å². The van der Waals surface area contributed by atoms with E-state index in [1.54, 1.807) is 18.6 Å². The van der Waals surface area contributed by atoms with E-state index in [1.165, 1.54) is 0 Å². The number of benzene rings is 1. The smallest absolute Gasteiger partial charge is 0.277 e. The summed E-state index contributed by atoms with van der Waals surface area (Å²) < 4.78 is 8.43. The molecule has 0 aliphatic heterocycles. The van der Waals surface area contributed by atoms with Crippen LogP contribution in [0, 0.1) is 0 Å². The molecule has 2 N–H and O–H groups in total. The lowest BCUT2D eigenvalue weighted by Crippen LogP contribution is -2.15. The van der Waals surface area contributed by atoms with Crippen molar-refractivity contribution in [2.75, 3.05) is 11.9 Å². The Bertz CT molecular complexity index is 874. The number of nitrogens with zero attached hydrogens (tertiary/aromatic N) is 3. The Morgan fingerprint density at radius 1 is 1.38 bits per heavy atom. The molecule has 0 bridgehead atoms. The van der Waals surface area contributed by atoms with Gasteiger partial charge in [-0.05, 0) is 34.0 Å². The van der Waals surface area contributed by atoms with E-state index >= 15 is 0 Å². The summed E-state index contributed by atoms with van der Waals surface area (Å²) in [6, 6.07) is 7.33. The summed E-state index contributed by atoms with van der Waals surface area (Å²) in [7, 11) is 0. The normalized spacial score (nSPS) is 10.9. The van der Waals surface area contributed by atoms with Crippen molar-refractivity contribution in [2.24, 2.45) is 0 Å². The lowest BCUT2D eigenvalue weighted by Gasteiger charge is -2.12. The molecule has 136 valence electrons. The third-order valence-electron chi connectivity index (χ3n) is 3.83. The SMILES string of the molecule is CC(C)c1[nH]nc(C(=O)Nc2ccccc2OCCn2ccnc2)c1Br. The molecule has 0 aliphatic rings. The Balaban J connectivity index is 1.68. The highest BCUT2D eigenvalue weighted by atomic mass is 79.9. The van der Waals surface area contributed by atoms with Crippen molar-refractivity contribution in [2.45, 2.75) is 26.3 Å². The molecule has 2 heterocycles. The minimum atomic E-state index is -0.300. The first-order valence-electron chi connectivity index (χ1n) is 8.29. The summed E-state index contributed by atoms with van der Waals surface area (Å²) in [4.78, 5) is 16.6. The fourth-order valence-electron chi connectivity index (χ4n) is 2.43. The van der Waals surface area contributed by atoms with Gasteiger partial charge < -0.3 is 14.6 Å². The highest BCUT2D eigenvalue weighted by molar-refractivity contribution is 9.10. The Labute approximate surface area is 159 Å². The van der Waals surface area contributed by atoms with Crippen LogP contribution in [0.1, 0.15) is 35.9 Å². The predicted octanol–water partition coefficient (Wildman–Crippen LogP) is 3.82. The first kappa shape index (κ1) is 18.2. The molecular formula is C18H20BrN5O2. The molecule has 1 aromatic carbocycles. The number of imidazole rings is 1. The number of carbonyl (C=O) groups excluding carboxylic acids is 1. The molecule has 7 nitrogen and oxygen atoms in total. The molecule has 2 aromatic heterocycles. The number of rotatable bonds is 7. The number of anilines is 1. The van der Waals surface area contributed by atoms with Crippen molar-refractivity contribution < 1.29 is 9.53 Å². The zero-order valence-electron chi connectivity index (χ0n) is 14.6. The van der Waals surface area contributed by atoms with E-state index in [0.717, 1.165) is 5.69 Å². The number of ether oxygens (including phenoxy) is 1. The number of hydrogen-bond donors (Lipinski definition) is 2. The summed E-state index contributed by atoms with van der Waals surface area (Å²) in [6.07, 6.45) is 5.33. The molecule has 3 aromatic rings. The van der Waals surface area contributed by atoms with E-state index in [0.29, 0.717) is 34.8 Å². The second-order valence-corrected chi connectivity index (χ2v) is 6.85. The Morgan fingerprint density at radius 3 is 2.88 bits per heavy atom. The van der Waals surface area contributed by atoms with Crippen LogP contribution in [0.15, 0.2) is 47.5 Å². The summed E-state index contributed by atoms with van der Waals surface area (Å²) >= 11 is 3.45. The summed E-state index contributed by atoms with van der Waals surface area (Å²) in [5.74, 6) is 0.541. The molecule has 0 aliphatic carbocycles. The van der Waals surface area contributed by atoms with Crippen LogP contribution in [0.2, 0.25) is 0 Å². The van der Waals surface area contributed by atoms with E-state index < -0.39 is 0 Å². The largest absolute Gasteiger partial charge is 0.490 e. The fourth-order valence-corrected chi connectivity index (χ4v) is 3.25. The molecule has 0 spiro atoms. The minimum Gasteiger partial charge on any atom is -0.490 e. The van der Waals surface area contributed by atoms with Crippen molar-refractivity contribution in [1.29, 1.82) is 0 Å². The molecule has 3 rings (SSSR count). The van der Waals surface area contributed by atoms with E-state index in [9.17, 15) is 4.79 Å². The van der Waals surface area contributed by atoms with E-state index in [2.05, 4.69) is 36.4 Å². The molecule has 0 atom stereocenters. The monoisotopic (exact) mass is 417 g/mol. The molecule has 0 unspecified atom stereocenters. The number of carbonyl (C=O) groups is 1. The Hall–Kier alpha value is -2.61. The van der Waals surface area contributed by atoms with Crippen LogP contribution in [0.25, 0.3) is 0 Å². The van der Waals surface area contributed by atoms with Gasteiger partial charge in [0.2, 0.25) is 0 Å². The van der Waals surface area contributed by atoms with E-state index in [4.69, 9.17) is 4.74 Å². The van der Waals surface area contributed by atoms with Crippen molar-refractivity contribution in [3.8, 4) is 5.75 Å². The maximum absolute atomic E-state index is 12.6. The number of para-hydroxylation sites is 2. The summed E-state index contributed by atoms with van der Waals surface area (Å²) in [5.41, 5.74) is 1.81. The topological polar surface area (TPSA) is 84.8 Å². The second-order valence-electron chi connectivity index (χ2n) is 6.05. The van der Waals surface area contributed by atoms with Crippen LogP contribution in [0.5, 0.6) is 5.75 Å². The standard InChI is InChI=1S/C18H20BrN5O2/c1-12(2)16-15(19)17(23-22-16)18(25)21-13-5-3-4-6-14(13)26-10-9-24-8-7-20-11-24/h3-8,11-12H,9-10H2,1-2H3,(H,21,25)(H,22,23). The zero-order chi connectivity index (χ0) is 18.5. The van der Waals surface area contributed by atoms with Crippen molar-refractivity contribution >= 4 is 27.5 Å². The van der Waals surface area contributed by atoms with Gasteiger partial charge in [0.15, 0.2) is 5.69 Å². The molecule has 26 heavy (non-hydrogen) atoms. The average molecular weight is 418 g/mol. The predicted molar refractivity (Wildman–Crippen MR) is 102 cm³/mol. The summed E-state index contributed by atoms with van der Waals surface area (Å²) in [6.45, 7) is 5.20. The van der Waals surface area contributed by atoms with Crippen LogP contribution < -0.4 is 10.1 Å². The zero-order valence-corrected chi connectivity index (χ0v) is 16.2. The maximum Gasteiger partial charge on any atom is 0.277 e. The first-order valence-corrected chi connectivity index (χ1v) is 9.08. The number of nitrogens with one attached hydrogen (secondary N) is 2. The number of aromatic nitrogens is 4. The van der Waals surface area contributed by atoms with Gasteiger partial charge >= 0.3 is 0 Å². The lowest BCUT2D eigenvalue weighted by atomic mass is 10.1. The quantitative estimate of drug-likeness (QED) is 0.611. The van der Waals surface area contributed by atoms with Crippen LogP contribution >= 0.6 is 15.9 Å². The second kappa shape index (κ2) is 8.18. The number of amides is 1. The average Bonchev–Trinajstić information content (AvgIpc) is 3.26. The molecule has 0 saturated carbocycles. The first-order chi connectivity index (χ1) is 12.6. The fraction of sp³-hybridized carbons (Fsp3) is 0.278. The van der Waals surface area contributed by atoms with Gasteiger partial charge in [-0.2, -0.15) is 5.10 Å². The minimum absolute atomic E-state index is 0.234. The van der Waals surface area contributed by atoms with Gasteiger partial charge in [0, 0.05) is 12.4 Å². The maximum atomic E-state index is 12.6. The Morgan fingerprint density at radius 2 is 2.19 bits per heavy atom. The third-order valence-corrected chi connectivity index (χ3v) is 4.63. The summed E-state index contributed by atoms with van der Waals surface area (Å²) in [5, 5.41) is 9.90. The number of aromatic amines is 1. The number of H-pyrrole nitrogens is 1. The van der Waals surface area contributed by atoms with Crippen LogP contribution in [0.3, 0.4) is 0 Å². The number of halogens is 1. The van der Waals surface area contributed by atoms with Crippen molar-refractivity contribution in [3.63, 3.8) is 0 Å². The molecule has 1 amide bonds. The van der Waals surface area contributed by atoms with Gasteiger partial charge in [-0.15, -0.1) is 0 Å². The molecule has 8 heteroatoms. The van der Waals surface area contributed by atoms with Gasteiger partial charge in [-0.3, -0.25) is 9.89 Å². The van der Waals surface area contributed by atoms with Crippen molar-refractivity contribution in [1.82, 2.24) is 19.7 Å². The molecule has 0 fully saturated rings.